The largest absolute Gasteiger partial charge is 0.497 e. The van der Waals surface area contributed by atoms with E-state index in [2.05, 4.69) is 10.6 Å². The fraction of sp³-hybridized carbons (Fsp3) is 0.318. The molecule has 1 fully saturated rings. The number of benzene rings is 2. The first-order valence-corrected chi connectivity index (χ1v) is 9.54. The van der Waals surface area contributed by atoms with Gasteiger partial charge in [-0.2, -0.15) is 0 Å². The maximum atomic E-state index is 13.1. The predicted molar refractivity (Wildman–Crippen MR) is 108 cm³/mol. The highest BCUT2D eigenvalue weighted by Crippen LogP contribution is 2.33. The second-order valence-electron chi connectivity index (χ2n) is 7.01. The van der Waals surface area contributed by atoms with Crippen molar-refractivity contribution >= 4 is 17.8 Å². The van der Waals surface area contributed by atoms with Crippen LogP contribution in [0, 0.1) is 0 Å². The first-order valence-electron chi connectivity index (χ1n) is 9.54. The lowest BCUT2D eigenvalue weighted by atomic mass is 9.87. The maximum absolute atomic E-state index is 13.1. The summed E-state index contributed by atoms with van der Waals surface area (Å²) in [7, 11) is 1.56. The van der Waals surface area contributed by atoms with Crippen LogP contribution in [-0.4, -0.2) is 36.4 Å². The topological polar surface area (TPSA) is 87.7 Å². The molecule has 0 spiro atoms. The molecule has 1 aliphatic heterocycles. The van der Waals surface area contributed by atoms with E-state index in [0.717, 1.165) is 10.5 Å². The summed E-state index contributed by atoms with van der Waals surface area (Å²) in [5.74, 6) is -0.174. The third-order valence-electron chi connectivity index (χ3n) is 5.27. The van der Waals surface area contributed by atoms with Gasteiger partial charge in [0.2, 0.25) is 5.91 Å². The number of nitrogens with zero attached hydrogens (tertiary/aromatic N) is 1. The maximum Gasteiger partial charge on any atom is 0.325 e. The summed E-state index contributed by atoms with van der Waals surface area (Å²) >= 11 is 0. The Kier molecular flexibility index (Phi) is 5.87. The van der Waals surface area contributed by atoms with Crippen molar-refractivity contribution in [1.82, 2.24) is 15.5 Å². The standard InChI is InChI=1S/C22H25N3O4/c1-4-22(17-10-12-18(29-3)13-11-17)20(27)25(21(28)24-22)14-19(26)23-15(2)16-8-6-5-7-9-16/h5-13,15H,4,14H2,1-3H3,(H,23,26)(H,24,28)/t15-,22+/m0/s1. The normalized spacial score (nSPS) is 19.6. The van der Waals surface area contributed by atoms with E-state index < -0.39 is 23.4 Å². The van der Waals surface area contributed by atoms with Gasteiger partial charge in [-0.15, -0.1) is 0 Å². The van der Waals surface area contributed by atoms with Gasteiger partial charge in [0.15, 0.2) is 0 Å². The third-order valence-corrected chi connectivity index (χ3v) is 5.27. The molecular weight excluding hydrogens is 370 g/mol. The van der Waals surface area contributed by atoms with E-state index in [0.29, 0.717) is 17.7 Å². The zero-order valence-corrected chi connectivity index (χ0v) is 16.8. The van der Waals surface area contributed by atoms with Gasteiger partial charge >= 0.3 is 6.03 Å². The summed E-state index contributed by atoms with van der Waals surface area (Å²) in [4.78, 5) is 39.1. The van der Waals surface area contributed by atoms with Gasteiger partial charge in [-0.1, -0.05) is 49.4 Å². The van der Waals surface area contributed by atoms with Crippen LogP contribution >= 0.6 is 0 Å². The Morgan fingerprint density at radius 3 is 2.38 bits per heavy atom. The van der Waals surface area contributed by atoms with E-state index in [-0.39, 0.29) is 12.6 Å². The fourth-order valence-corrected chi connectivity index (χ4v) is 3.54. The second-order valence-corrected chi connectivity index (χ2v) is 7.01. The summed E-state index contributed by atoms with van der Waals surface area (Å²) in [6.45, 7) is 3.34. The molecule has 0 aromatic heterocycles. The smallest absolute Gasteiger partial charge is 0.325 e. The van der Waals surface area contributed by atoms with Gasteiger partial charge in [-0.05, 0) is 36.6 Å². The zero-order valence-electron chi connectivity index (χ0n) is 16.8. The third kappa shape index (κ3) is 3.94. The van der Waals surface area contributed by atoms with E-state index in [9.17, 15) is 14.4 Å². The van der Waals surface area contributed by atoms with Gasteiger partial charge in [0.25, 0.3) is 5.91 Å². The lowest BCUT2D eigenvalue weighted by molar-refractivity contribution is -0.135. The van der Waals surface area contributed by atoms with Crippen molar-refractivity contribution in [2.24, 2.45) is 0 Å². The molecule has 2 N–H and O–H groups in total. The number of rotatable bonds is 7. The number of carbonyl (C=O) groups excluding carboxylic acids is 3. The summed E-state index contributed by atoms with van der Waals surface area (Å²) in [6, 6.07) is 15.7. The highest BCUT2D eigenvalue weighted by Gasteiger charge is 2.51. The van der Waals surface area contributed by atoms with E-state index in [1.807, 2.05) is 44.2 Å². The van der Waals surface area contributed by atoms with Crippen LogP contribution in [0.5, 0.6) is 5.75 Å². The van der Waals surface area contributed by atoms with Crippen LogP contribution in [0.3, 0.4) is 0 Å². The van der Waals surface area contributed by atoms with Crippen LogP contribution in [-0.2, 0) is 15.1 Å². The molecule has 7 nitrogen and oxygen atoms in total. The number of urea groups is 1. The molecular formula is C22H25N3O4. The summed E-state index contributed by atoms with van der Waals surface area (Å²) in [5, 5.41) is 5.61. The van der Waals surface area contributed by atoms with Gasteiger partial charge in [0, 0.05) is 0 Å². The quantitative estimate of drug-likeness (QED) is 0.706. The van der Waals surface area contributed by atoms with Gasteiger partial charge in [-0.25, -0.2) is 4.79 Å². The average Bonchev–Trinajstić information content (AvgIpc) is 2.99. The Hall–Kier alpha value is -3.35. The molecule has 2 atom stereocenters. The number of imide groups is 1. The second kappa shape index (κ2) is 8.34. The van der Waals surface area contributed by atoms with Gasteiger partial charge in [-0.3, -0.25) is 14.5 Å². The van der Waals surface area contributed by atoms with Crippen molar-refractivity contribution in [1.29, 1.82) is 0 Å². The Morgan fingerprint density at radius 2 is 1.79 bits per heavy atom. The minimum absolute atomic E-state index is 0.234. The number of carbonyl (C=O) groups is 3. The molecule has 0 radical (unpaired) electrons. The van der Waals surface area contributed by atoms with Crippen molar-refractivity contribution in [2.75, 3.05) is 13.7 Å². The average molecular weight is 395 g/mol. The van der Waals surface area contributed by atoms with E-state index in [1.165, 1.54) is 0 Å². The van der Waals surface area contributed by atoms with Crippen molar-refractivity contribution in [3.8, 4) is 5.75 Å². The number of methoxy groups -OCH3 is 1. The predicted octanol–water partition coefficient (Wildman–Crippen LogP) is 2.73. The minimum atomic E-state index is -1.19. The van der Waals surface area contributed by atoms with Gasteiger partial charge in [0.1, 0.15) is 17.8 Å². The van der Waals surface area contributed by atoms with Crippen LogP contribution in [0.2, 0.25) is 0 Å². The van der Waals surface area contributed by atoms with E-state index >= 15 is 0 Å². The molecule has 7 heteroatoms. The van der Waals surface area contributed by atoms with Gasteiger partial charge < -0.3 is 15.4 Å². The number of hydrogen-bond donors (Lipinski definition) is 2. The Balaban J connectivity index is 1.74. The van der Waals surface area contributed by atoms with Crippen LogP contribution in [0.4, 0.5) is 4.79 Å². The lowest BCUT2D eigenvalue weighted by Gasteiger charge is -2.26. The van der Waals surface area contributed by atoms with Gasteiger partial charge in [0.05, 0.1) is 13.2 Å². The first kappa shape index (κ1) is 20.4. The number of ether oxygens (including phenoxy) is 1. The molecule has 0 aliphatic carbocycles. The Bertz CT molecular complexity index is 898. The van der Waals surface area contributed by atoms with E-state index in [4.69, 9.17) is 4.74 Å². The van der Waals surface area contributed by atoms with Crippen LogP contribution in [0.25, 0.3) is 0 Å². The zero-order chi connectivity index (χ0) is 21.0. The molecule has 0 saturated carbocycles. The SMILES string of the molecule is CC[C@]1(c2ccc(OC)cc2)NC(=O)N(CC(=O)N[C@@H](C)c2ccccc2)C1=O. The Labute approximate surface area is 170 Å². The fourth-order valence-electron chi connectivity index (χ4n) is 3.54. The van der Waals surface area contributed by atoms with Crippen LogP contribution in [0.15, 0.2) is 54.6 Å². The van der Waals surface area contributed by atoms with Crippen LogP contribution in [0.1, 0.15) is 37.4 Å². The number of hydrogen-bond acceptors (Lipinski definition) is 4. The Morgan fingerprint density at radius 1 is 1.14 bits per heavy atom. The molecule has 1 saturated heterocycles. The lowest BCUT2D eigenvalue weighted by Crippen LogP contribution is -2.45. The molecule has 3 rings (SSSR count). The van der Waals surface area contributed by atoms with E-state index in [1.54, 1.807) is 31.4 Å². The number of nitrogens with one attached hydrogen (secondary N) is 2. The van der Waals surface area contributed by atoms with Crippen molar-refractivity contribution in [3.05, 3.63) is 65.7 Å². The molecule has 29 heavy (non-hydrogen) atoms. The van der Waals surface area contributed by atoms with Crippen LogP contribution < -0.4 is 15.4 Å². The summed E-state index contributed by atoms with van der Waals surface area (Å²) in [6.07, 6.45) is 0.364. The van der Waals surface area contributed by atoms with Crippen molar-refractivity contribution in [2.45, 2.75) is 31.8 Å². The molecule has 4 amide bonds. The molecule has 2 aromatic rings. The first-order chi connectivity index (χ1) is 13.9. The highest BCUT2D eigenvalue weighted by molar-refractivity contribution is 6.09. The molecule has 0 unspecified atom stereocenters. The highest BCUT2D eigenvalue weighted by atomic mass is 16.5. The molecule has 2 aromatic carbocycles. The summed E-state index contributed by atoms with van der Waals surface area (Å²) < 4.78 is 5.16. The molecule has 0 bridgehead atoms. The molecule has 152 valence electrons. The minimum Gasteiger partial charge on any atom is -0.497 e. The van der Waals surface area contributed by atoms with Crippen molar-refractivity contribution < 1.29 is 19.1 Å². The van der Waals surface area contributed by atoms with Crippen molar-refractivity contribution in [3.63, 3.8) is 0 Å². The number of amides is 4. The monoisotopic (exact) mass is 395 g/mol. The molecule has 1 aliphatic rings. The summed E-state index contributed by atoms with van der Waals surface area (Å²) in [5.41, 5.74) is 0.410. The molecule has 1 heterocycles.